The number of benzene rings is 1. The van der Waals surface area contributed by atoms with Gasteiger partial charge in [-0.2, -0.15) is 0 Å². The molecule has 4 heteroatoms. The molecule has 1 aromatic carbocycles. The zero-order chi connectivity index (χ0) is 12.0. The highest BCUT2D eigenvalue weighted by Crippen LogP contribution is 2.20. The van der Waals surface area contributed by atoms with Crippen molar-refractivity contribution in [1.29, 1.82) is 0 Å². The molecule has 0 bridgehead atoms. The van der Waals surface area contributed by atoms with Crippen LogP contribution in [0.15, 0.2) is 28.7 Å². The number of carbonyl (C=O) groups excluding carboxylic acids is 1. The molecule has 86 valence electrons. The van der Waals surface area contributed by atoms with Crippen LogP contribution in [0.25, 0.3) is 6.08 Å². The Bertz CT molecular complexity index is 382. The van der Waals surface area contributed by atoms with Crippen LogP contribution in [0.2, 0.25) is 5.02 Å². The van der Waals surface area contributed by atoms with Crippen molar-refractivity contribution in [3.05, 3.63) is 39.3 Å². The fourth-order valence-electron chi connectivity index (χ4n) is 1.18. The highest BCUT2D eigenvalue weighted by atomic mass is 79.9. The third kappa shape index (κ3) is 4.81. The van der Waals surface area contributed by atoms with Gasteiger partial charge in [0.25, 0.3) is 0 Å². The number of esters is 1. The summed E-state index contributed by atoms with van der Waals surface area (Å²) >= 11 is 9.23. The van der Waals surface area contributed by atoms with Gasteiger partial charge in [0, 0.05) is 9.50 Å². The van der Waals surface area contributed by atoms with Gasteiger partial charge in [-0.1, -0.05) is 39.7 Å². The summed E-state index contributed by atoms with van der Waals surface area (Å²) in [7, 11) is 0. The lowest BCUT2D eigenvalue weighted by atomic mass is 10.2. The fourth-order valence-corrected chi connectivity index (χ4v) is 2.07. The summed E-state index contributed by atoms with van der Waals surface area (Å²) in [5, 5.41) is 0.658. The lowest BCUT2D eigenvalue weighted by molar-refractivity contribution is -0.142. The van der Waals surface area contributed by atoms with Gasteiger partial charge in [0.2, 0.25) is 0 Å². The number of halogens is 2. The fraction of sp³-hybridized carbons (Fsp3) is 0.250. The van der Waals surface area contributed by atoms with Crippen molar-refractivity contribution in [2.75, 3.05) is 6.61 Å². The molecule has 0 aliphatic heterocycles. The van der Waals surface area contributed by atoms with Gasteiger partial charge in [-0.25, -0.2) is 0 Å². The Kier molecular flexibility index (Phi) is 5.56. The second-order valence-electron chi connectivity index (χ2n) is 3.11. The van der Waals surface area contributed by atoms with Crippen molar-refractivity contribution in [2.45, 2.75) is 13.3 Å². The summed E-state index contributed by atoms with van der Waals surface area (Å²) in [5.74, 6) is -0.222. The maximum absolute atomic E-state index is 11.1. The smallest absolute Gasteiger partial charge is 0.309 e. The van der Waals surface area contributed by atoms with Gasteiger partial charge in [0.05, 0.1) is 13.0 Å². The molecule has 1 aromatic rings. The molecular weight excluding hydrogens is 291 g/mol. The zero-order valence-electron chi connectivity index (χ0n) is 8.87. The number of carbonyl (C=O) groups is 1. The van der Waals surface area contributed by atoms with Crippen LogP contribution in [0.1, 0.15) is 18.9 Å². The predicted molar refractivity (Wildman–Crippen MR) is 69.4 cm³/mol. The van der Waals surface area contributed by atoms with E-state index in [-0.39, 0.29) is 12.4 Å². The Labute approximate surface area is 108 Å². The Morgan fingerprint density at radius 1 is 1.50 bits per heavy atom. The molecule has 0 aromatic heterocycles. The zero-order valence-corrected chi connectivity index (χ0v) is 11.2. The molecule has 0 amide bonds. The molecule has 0 saturated heterocycles. The summed E-state index contributed by atoms with van der Waals surface area (Å²) in [4.78, 5) is 11.1. The van der Waals surface area contributed by atoms with Crippen molar-refractivity contribution in [2.24, 2.45) is 0 Å². The van der Waals surface area contributed by atoms with Crippen LogP contribution < -0.4 is 0 Å². The SMILES string of the molecule is CCOC(=O)CC=Cc1cc(Cl)cc(Br)c1. The van der Waals surface area contributed by atoms with Crippen LogP contribution in [0.5, 0.6) is 0 Å². The van der Waals surface area contributed by atoms with E-state index in [0.717, 1.165) is 10.0 Å². The molecule has 0 aliphatic carbocycles. The second kappa shape index (κ2) is 6.71. The first-order chi connectivity index (χ1) is 7.61. The molecule has 2 nitrogen and oxygen atoms in total. The summed E-state index contributed by atoms with van der Waals surface area (Å²) in [6.45, 7) is 2.20. The van der Waals surface area contributed by atoms with E-state index in [0.29, 0.717) is 11.6 Å². The topological polar surface area (TPSA) is 26.3 Å². The van der Waals surface area contributed by atoms with Crippen LogP contribution in [0.3, 0.4) is 0 Å². The largest absolute Gasteiger partial charge is 0.466 e. The van der Waals surface area contributed by atoms with E-state index in [2.05, 4.69) is 15.9 Å². The van der Waals surface area contributed by atoms with Crippen molar-refractivity contribution in [3.63, 3.8) is 0 Å². The summed E-state index contributed by atoms with van der Waals surface area (Å²) in [5.41, 5.74) is 0.948. The van der Waals surface area contributed by atoms with Crippen molar-refractivity contribution in [1.82, 2.24) is 0 Å². The number of hydrogen-bond acceptors (Lipinski definition) is 2. The van der Waals surface area contributed by atoms with Gasteiger partial charge in [-0.15, -0.1) is 0 Å². The standard InChI is InChI=1S/C12H12BrClO2/c1-2-16-12(15)5-3-4-9-6-10(13)8-11(14)7-9/h3-4,6-8H,2,5H2,1H3. The average Bonchev–Trinajstić information content (AvgIpc) is 2.16. The Balaban J connectivity index is 2.59. The van der Waals surface area contributed by atoms with Crippen LogP contribution in [-0.4, -0.2) is 12.6 Å². The van der Waals surface area contributed by atoms with E-state index < -0.39 is 0 Å². The minimum atomic E-state index is -0.222. The Morgan fingerprint density at radius 3 is 2.88 bits per heavy atom. The lowest BCUT2D eigenvalue weighted by Crippen LogP contribution is -2.01. The average molecular weight is 304 g/mol. The third-order valence-electron chi connectivity index (χ3n) is 1.79. The quantitative estimate of drug-likeness (QED) is 0.784. The van der Waals surface area contributed by atoms with Gasteiger partial charge < -0.3 is 4.74 Å². The van der Waals surface area contributed by atoms with Gasteiger partial charge in [0.15, 0.2) is 0 Å². The number of hydrogen-bond donors (Lipinski definition) is 0. The molecule has 0 saturated carbocycles. The number of rotatable bonds is 4. The maximum atomic E-state index is 11.1. The van der Waals surface area contributed by atoms with Crippen LogP contribution in [-0.2, 0) is 9.53 Å². The van der Waals surface area contributed by atoms with E-state index in [1.165, 1.54) is 0 Å². The van der Waals surface area contributed by atoms with E-state index in [9.17, 15) is 4.79 Å². The van der Waals surface area contributed by atoms with Crippen molar-refractivity contribution >= 4 is 39.6 Å². The first-order valence-electron chi connectivity index (χ1n) is 4.90. The minimum Gasteiger partial charge on any atom is -0.466 e. The molecular formula is C12H12BrClO2. The highest BCUT2D eigenvalue weighted by Gasteiger charge is 1.97. The summed E-state index contributed by atoms with van der Waals surface area (Å²) in [6, 6.07) is 5.56. The van der Waals surface area contributed by atoms with Crippen molar-refractivity contribution < 1.29 is 9.53 Å². The molecule has 0 fully saturated rings. The molecule has 0 spiro atoms. The monoisotopic (exact) mass is 302 g/mol. The molecule has 0 unspecified atom stereocenters. The first kappa shape index (κ1) is 13.3. The van der Waals surface area contributed by atoms with Crippen LogP contribution in [0.4, 0.5) is 0 Å². The summed E-state index contributed by atoms with van der Waals surface area (Å²) < 4.78 is 5.71. The maximum Gasteiger partial charge on any atom is 0.309 e. The summed E-state index contributed by atoms with van der Waals surface area (Å²) in [6.07, 6.45) is 3.88. The Morgan fingerprint density at radius 2 is 2.25 bits per heavy atom. The second-order valence-corrected chi connectivity index (χ2v) is 4.47. The molecule has 1 rings (SSSR count). The molecule has 0 aliphatic rings. The molecule has 0 N–H and O–H groups in total. The third-order valence-corrected chi connectivity index (χ3v) is 2.46. The van der Waals surface area contributed by atoms with E-state index in [1.807, 2.05) is 24.3 Å². The van der Waals surface area contributed by atoms with Crippen molar-refractivity contribution in [3.8, 4) is 0 Å². The lowest BCUT2D eigenvalue weighted by Gasteiger charge is -1.98. The normalized spacial score (nSPS) is 10.7. The minimum absolute atomic E-state index is 0.222. The van der Waals surface area contributed by atoms with Gasteiger partial charge in [0.1, 0.15) is 0 Å². The van der Waals surface area contributed by atoms with Crippen LogP contribution in [0, 0.1) is 0 Å². The number of ether oxygens (including phenoxy) is 1. The van der Waals surface area contributed by atoms with Gasteiger partial charge >= 0.3 is 5.97 Å². The Hall–Kier alpha value is -0.800. The first-order valence-corrected chi connectivity index (χ1v) is 6.07. The van der Waals surface area contributed by atoms with Gasteiger partial charge in [-0.3, -0.25) is 4.79 Å². The van der Waals surface area contributed by atoms with E-state index in [4.69, 9.17) is 16.3 Å². The molecule has 16 heavy (non-hydrogen) atoms. The van der Waals surface area contributed by atoms with Crippen LogP contribution >= 0.6 is 27.5 Å². The highest BCUT2D eigenvalue weighted by molar-refractivity contribution is 9.10. The molecule has 0 heterocycles. The predicted octanol–water partition coefficient (Wildman–Crippen LogP) is 4.07. The molecule has 0 radical (unpaired) electrons. The van der Waals surface area contributed by atoms with E-state index in [1.54, 1.807) is 13.0 Å². The van der Waals surface area contributed by atoms with Gasteiger partial charge in [-0.05, 0) is 30.7 Å². The van der Waals surface area contributed by atoms with E-state index >= 15 is 0 Å². The molecule has 0 atom stereocenters.